The number of hydrogen-bond acceptors (Lipinski definition) is 3. The van der Waals surface area contributed by atoms with Crippen LogP contribution in [0.5, 0.6) is 0 Å². The number of nitrogens with zero attached hydrogens (tertiary/aromatic N) is 1. The van der Waals surface area contributed by atoms with Gasteiger partial charge in [0.2, 0.25) is 0 Å². The predicted molar refractivity (Wildman–Crippen MR) is 75.8 cm³/mol. The largest absolute Gasteiger partial charge is 0.339 e. The van der Waals surface area contributed by atoms with Crippen LogP contribution in [0.15, 0.2) is 40.6 Å². The Kier molecular flexibility index (Phi) is 4.99. The molecule has 0 aliphatic rings. The summed E-state index contributed by atoms with van der Waals surface area (Å²) in [5, 5.41) is 4.10. The fraction of sp³-hybridized carbons (Fsp3) is 0.357. The molecule has 2 aromatic rings. The molecule has 102 valence electrons. The van der Waals surface area contributed by atoms with Crippen molar-refractivity contribution in [2.75, 3.05) is 6.54 Å². The number of benzene rings is 1. The third kappa shape index (κ3) is 3.58. The predicted octanol–water partition coefficient (Wildman–Crippen LogP) is 3.76. The van der Waals surface area contributed by atoms with Gasteiger partial charge in [-0.25, -0.2) is 9.37 Å². The normalized spacial score (nSPS) is 12.6. The molecule has 0 saturated heterocycles. The quantitative estimate of drug-likeness (QED) is 0.846. The van der Waals surface area contributed by atoms with Crippen molar-refractivity contribution in [2.24, 2.45) is 0 Å². The van der Waals surface area contributed by atoms with Crippen molar-refractivity contribution in [3.63, 3.8) is 0 Å². The van der Waals surface area contributed by atoms with Gasteiger partial charge in [0.25, 0.3) is 0 Å². The van der Waals surface area contributed by atoms with Crippen LogP contribution in [0.25, 0.3) is 0 Å². The monoisotopic (exact) mass is 279 g/mol. The Hall–Kier alpha value is -1.33. The van der Waals surface area contributed by atoms with E-state index in [1.165, 1.54) is 17.8 Å². The van der Waals surface area contributed by atoms with Crippen LogP contribution >= 0.6 is 11.8 Å². The molecule has 5 heteroatoms. The number of aromatic amines is 1. The molecule has 0 fully saturated rings. The maximum atomic E-state index is 14.1. The van der Waals surface area contributed by atoms with E-state index in [1.807, 2.05) is 13.0 Å². The van der Waals surface area contributed by atoms with Gasteiger partial charge in [-0.2, -0.15) is 0 Å². The van der Waals surface area contributed by atoms with Crippen LogP contribution in [-0.4, -0.2) is 16.5 Å². The summed E-state index contributed by atoms with van der Waals surface area (Å²) in [4.78, 5) is 8.09. The lowest BCUT2D eigenvalue weighted by molar-refractivity contribution is 0.519. The average Bonchev–Trinajstić information content (AvgIpc) is 2.89. The van der Waals surface area contributed by atoms with Crippen LogP contribution in [0, 0.1) is 5.82 Å². The molecule has 0 aliphatic carbocycles. The molecule has 3 nitrogen and oxygen atoms in total. The highest BCUT2D eigenvalue weighted by molar-refractivity contribution is 7.99. The maximum absolute atomic E-state index is 14.1. The van der Waals surface area contributed by atoms with E-state index in [9.17, 15) is 4.39 Å². The van der Waals surface area contributed by atoms with Crippen LogP contribution < -0.4 is 5.32 Å². The standard InChI is InChI=1S/C14H18FN3S/c1-3-7-16-10(2)13-11(15)5-4-6-12(13)19-14-17-8-9-18-14/h4-6,8-10,16H,3,7H2,1-2H3,(H,17,18). The first-order valence-electron chi connectivity index (χ1n) is 6.41. The molecular weight excluding hydrogens is 261 g/mol. The minimum Gasteiger partial charge on any atom is -0.339 e. The van der Waals surface area contributed by atoms with Gasteiger partial charge in [0.15, 0.2) is 5.16 Å². The molecule has 1 heterocycles. The highest BCUT2D eigenvalue weighted by Crippen LogP contribution is 2.33. The zero-order valence-corrected chi connectivity index (χ0v) is 11.9. The van der Waals surface area contributed by atoms with Crippen LogP contribution in [0.2, 0.25) is 0 Å². The Balaban J connectivity index is 2.25. The minimum absolute atomic E-state index is 0.0152. The lowest BCUT2D eigenvalue weighted by Gasteiger charge is -2.17. The molecule has 1 aromatic heterocycles. The topological polar surface area (TPSA) is 40.7 Å². The number of rotatable bonds is 6. The van der Waals surface area contributed by atoms with E-state index in [1.54, 1.807) is 18.5 Å². The lowest BCUT2D eigenvalue weighted by atomic mass is 10.1. The maximum Gasteiger partial charge on any atom is 0.170 e. The molecule has 0 bridgehead atoms. The Labute approximate surface area is 117 Å². The van der Waals surface area contributed by atoms with Crippen LogP contribution in [-0.2, 0) is 0 Å². The summed E-state index contributed by atoms with van der Waals surface area (Å²) in [5.41, 5.74) is 0.706. The Morgan fingerprint density at radius 2 is 2.32 bits per heavy atom. The molecular formula is C14H18FN3S. The van der Waals surface area contributed by atoms with E-state index in [-0.39, 0.29) is 11.9 Å². The van der Waals surface area contributed by atoms with Gasteiger partial charge in [0.05, 0.1) is 0 Å². The molecule has 0 spiro atoms. The number of H-pyrrole nitrogens is 1. The first kappa shape index (κ1) is 14.1. The van der Waals surface area contributed by atoms with Gasteiger partial charge in [0.1, 0.15) is 5.82 Å². The minimum atomic E-state index is -0.173. The number of imidazole rings is 1. The number of aromatic nitrogens is 2. The highest BCUT2D eigenvalue weighted by atomic mass is 32.2. The van der Waals surface area contributed by atoms with Gasteiger partial charge < -0.3 is 10.3 Å². The summed E-state index contributed by atoms with van der Waals surface area (Å²) in [6, 6.07) is 5.15. The molecule has 1 aromatic carbocycles. The highest BCUT2D eigenvalue weighted by Gasteiger charge is 2.16. The summed E-state index contributed by atoms with van der Waals surface area (Å²) in [5.74, 6) is -0.173. The van der Waals surface area contributed by atoms with E-state index in [0.29, 0.717) is 5.56 Å². The number of halogens is 1. The Morgan fingerprint density at radius 3 is 3.00 bits per heavy atom. The first-order chi connectivity index (χ1) is 9.22. The van der Waals surface area contributed by atoms with Crippen LogP contribution in [0.4, 0.5) is 4.39 Å². The first-order valence-corrected chi connectivity index (χ1v) is 7.23. The van der Waals surface area contributed by atoms with Crippen LogP contribution in [0.1, 0.15) is 31.9 Å². The third-order valence-corrected chi connectivity index (χ3v) is 3.82. The fourth-order valence-corrected chi connectivity index (χ4v) is 2.88. The molecule has 1 unspecified atom stereocenters. The summed E-state index contributed by atoms with van der Waals surface area (Å²) >= 11 is 1.45. The van der Waals surface area contributed by atoms with E-state index in [2.05, 4.69) is 22.2 Å². The van der Waals surface area contributed by atoms with Crippen molar-refractivity contribution >= 4 is 11.8 Å². The number of hydrogen-bond donors (Lipinski definition) is 2. The second-order valence-electron chi connectivity index (χ2n) is 4.32. The lowest BCUT2D eigenvalue weighted by Crippen LogP contribution is -2.21. The molecule has 2 N–H and O–H groups in total. The van der Waals surface area contributed by atoms with Gasteiger partial charge in [-0.15, -0.1) is 0 Å². The Bertz CT molecular complexity index is 513. The van der Waals surface area contributed by atoms with Gasteiger partial charge in [-0.05, 0) is 32.0 Å². The molecule has 0 radical (unpaired) electrons. The second-order valence-corrected chi connectivity index (χ2v) is 5.35. The molecule has 1 atom stereocenters. The van der Waals surface area contributed by atoms with E-state index in [4.69, 9.17) is 0 Å². The molecule has 2 rings (SSSR count). The average molecular weight is 279 g/mol. The molecule has 0 aliphatic heterocycles. The zero-order chi connectivity index (χ0) is 13.7. The van der Waals surface area contributed by atoms with Crippen LogP contribution in [0.3, 0.4) is 0 Å². The van der Waals surface area contributed by atoms with Gasteiger partial charge in [0, 0.05) is 28.9 Å². The van der Waals surface area contributed by atoms with Crippen molar-refractivity contribution in [2.45, 2.75) is 36.4 Å². The zero-order valence-electron chi connectivity index (χ0n) is 11.1. The van der Waals surface area contributed by atoms with Crippen molar-refractivity contribution in [1.29, 1.82) is 0 Å². The Morgan fingerprint density at radius 1 is 1.47 bits per heavy atom. The van der Waals surface area contributed by atoms with Gasteiger partial charge in [-0.3, -0.25) is 0 Å². The summed E-state index contributed by atoms with van der Waals surface area (Å²) in [7, 11) is 0. The summed E-state index contributed by atoms with van der Waals surface area (Å²) in [6.45, 7) is 4.96. The smallest absolute Gasteiger partial charge is 0.170 e. The summed E-state index contributed by atoms with van der Waals surface area (Å²) in [6.07, 6.45) is 4.49. The van der Waals surface area contributed by atoms with E-state index in [0.717, 1.165) is 23.0 Å². The van der Waals surface area contributed by atoms with Gasteiger partial charge in [-0.1, -0.05) is 24.8 Å². The summed E-state index contributed by atoms with van der Waals surface area (Å²) < 4.78 is 14.1. The molecule has 0 saturated carbocycles. The van der Waals surface area contributed by atoms with Crippen molar-refractivity contribution < 1.29 is 4.39 Å². The van der Waals surface area contributed by atoms with Crippen molar-refractivity contribution in [3.05, 3.63) is 42.0 Å². The van der Waals surface area contributed by atoms with E-state index >= 15 is 0 Å². The fourth-order valence-electron chi connectivity index (χ4n) is 1.90. The number of nitrogens with one attached hydrogen (secondary N) is 2. The molecule has 19 heavy (non-hydrogen) atoms. The third-order valence-electron chi connectivity index (χ3n) is 2.83. The van der Waals surface area contributed by atoms with Crippen molar-refractivity contribution in [3.8, 4) is 0 Å². The van der Waals surface area contributed by atoms with Crippen molar-refractivity contribution in [1.82, 2.24) is 15.3 Å². The molecule has 0 amide bonds. The second kappa shape index (κ2) is 6.73. The SMILES string of the molecule is CCCNC(C)c1c(F)cccc1Sc1ncc[nH]1. The van der Waals surface area contributed by atoms with E-state index < -0.39 is 0 Å². The van der Waals surface area contributed by atoms with Gasteiger partial charge >= 0.3 is 0 Å².